The van der Waals surface area contributed by atoms with E-state index in [1.54, 1.807) is 0 Å². The van der Waals surface area contributed by atoms with E-state index >= 15 is 0 Å². The predicted molar refractivity (Wildman–Crippen MR) is 353 cm³/mol. The zero-order valence-corrected chi connectivity index (χ0v) is 52.8. The molecule has 460 valence electrons. The Morgan fingerprint density at radius 1 is 0.259 bits per heavy atom. The van der Waals surface area contributed by atoms with Crippen molar-refractivity contribution in [3.63, 3.8) is 0 Å². The van der Waals surface area contributed by atoms with Crippen molar-refractivity contribution in [1.29, 1.82) is 0 Å². The van der Waals surface area contributed by atoms with Gasteiger partial charge in [0.25, 0.3) is 0 Å². The SMILES string of the molecule is CC/C=C\C/C=C\C/C=C\C/C=C\C/C=C\C/C=C\C/C=C\CCCCCCCCCCCCCCCC(=O)OCC(COC(=O)CCCCC/C=C\C/C=C\C/C=C\CC)OC(=O)CCCCCCC/C=C\CCCCCCCC. The number of carbonyl (C=O) groups is 3. The molecule has 0 saturated carbocycles. The highest BCUT2D eigenvalue weighted by Gasteiger charge is 2.19. The van der Waals surface area contributed by atoms with Gasteiger partial charge in [-0.15, -0.1) is 0 Å². The van der Waals surface area contributed by atoms with Gasteiger partial charge in [0.15, 0.2) is 6.10 Å². The van der Waals surface area contributed by atoms with Crippen molar-refractivity contribution in [3.8, 4) is 0 Å². The van der Waals surface area contributed by atoms with Gasteiger partial charge in [-0.3, -0.25) is 14.4 Å². The van der Waals surface area contributed by atoms with Crippen LogP contribution in [0.4, 0.5) is 0 Å². The Balaban J connectivity index is 4.20. The predicted octanol–water partition coefficient (Wildman–Crippen LogP) is 23.3. The number of hydrogen-bond donors (Lipinski definition) is 0. The van der Waals surface area contributed by atoms with Crippen LogP contribution in [-0.2, 0) is 28.6 Å². The molecule has 0 amide bonds. The van der Waals surface area contributed by atoms with E-state index in [1.165, 1.54) is 122 Å². The molecular weight excluding hydrogens is 997 g/mol. The smallest absolute Gasteiger partial charge is 0.306 e. The molecule has 0 bridgehead atoms. The summed E-state index contributed by atoms with van der Waals surface area (Å²) in [5.41, 5.74) is 0. The van der Waals surface area contributed by atoms with Gasteiger partial charge in [0, 0.05) is 19.3 Å². The number of hydrogen-bond acceptors (Lipinski definition) is 6. The third-order valence-corrected chi connectivity index (χ3v) is 14.1. The lowest BCUT2D eigenvalue weighted by Gasteiger charge is -2.18. The largest absolute Gasteiger partial charge is 0.462 e. The van der Waals surface area contributed by atoms with Gasteiger partial charge in [0.1, 0.15) is 13.2 Å². The van der Waals surface area contributed by atoms with Crippen LogP contribution >= 0.6 is 0 Å². The maximum Gasteiger partial charge on any atom is 0.306 e. The van der Waals surface area contributed by atoms with Gasteiger partial charge in [-0.05, 0) is 135 Å². The van der Waals surface area contributed by atoms with E-state index in [0.29, 0.717) is 19.3 Å². The molecule has 0 aromatic heterocycles. The monoisotopic (exact) mass is 1120 g/mol. The molecule has 0 aromatic carbocycles. The summed E-state index contributed by atoms with van der Waals surface area (Å²) in [4.78, 5) is 38.3. The Bertz CT molecular complexity index is 1720. The molecule has 81 heavy (non-hydrogen) atoms. The van der Waals surface area contributed by atoms with Crippen LogP contribution in [0.1, 0.15) is 303 Å². The van der Waals surface area contributed by atoms with E-state index in [2.05, 4.69) is 154 Å². The molecule has 1 unspecified atom stereocenters. The lowest BCUT2D eigenvalue weighted by molar-refractivity contribution is -0.167. The summed E-state index contributed by atoms with van der Waals surface area (Å²) in [6.07, 6.45) is 96.2. The number of rotatable bonds is 60. The van der Waals surface area contributed by atoms with Crippen LogP contribution in [0.2, 0.25) is 0 Å². The van der Waals surface area contributed by atoms with Crippen LogP contribution in [0.15, 0.2) is 134 Å². The fourth-order valence-corrected chi connectivity index (χ4v) is 9.14. The molecule has 0 rings (SSSR count). The molecule has 1 atom stereocenters. The van der Waals surface area contributed by atoms with Gasteiger partial charge in [-0.25, -0.2) is 0 Å². The molecular formula is C75H124O6. The Kier molecular flexibility index (Phi) is 64.3. The van der Waals surface area contributed by atoms with Crippen LogP contribution in [-0.4, -0.2) is 37.2 Å². The quantitative estimate of drug-likeness (QED) is 0.0261. The van der Waals surface area contributed by atoms with Gasteiger partial charge in [-0.1, -0.05) is 283 Å². The molecule has 0 fully saturated rings. The summed E-state index contributed by atoms with van der Waals surface area (Å²) in [6, 6.07) is 0. The molecule has 0 N–H and O–H groups in total. The third-order valence-electron chi connectivity index (χ3n) is 14.1. The van der Waals surface area contributed by atoms with Crippen molar-refractivity contribution in [3.05, 3.63) is 134 Å². The maximum absolute atomic E-state index is 12.9. The van der Waals surface area contributed by atoms with Gasteiger partial charge >= 0.3 is 17.9 Å². The van der Waals surface area contributed by atoms with Gasteiger partial charge in [0.2, 0.25) is 0 Å². The summed E-state index contributed by atoms with van der Waals surface area (Å²) in [5, 5.41) is 0. The van der Waals surface area contributed by atoms with E-state index in [4.69, 9.17) is 14.2 Å². The second-order valence-corrected chi connectivity index (χ2v) is 22.0. The minimum Gasteiger partial charge on any atom is -0.462 e. The summed E-state index contributed by atoms with van der Waals surface area (Å²) in [7, 11) is 0. The second-order valence-electron chi connectivity index (χ2n) is 22.0. The van der Waals surface area contributed by atoms with Crippen LogP contribution in [0.5, 0.6) is 0 Å². The minimum absolute atomic E-state index is 0.0924. The number of ether oxygens (including phenoxy) is 3. The topological polar surface area (TPSA) is 78.9 Å². The van der Waals surface area contributed by atoms with Crippen LogP contribution < -0.4 is 0 Å². The first kappa shape index (κ1) is 76.5. The number of esters is 3. The summed E-state index contributed by atoms with van der Waals surface area (Å²) >= 11 is 0. The first-order valence-electron chi connectivity index (χ1n) is 33.7. The highest BCUT2D eigenvalue weighted by atomic mass is 16.6. The Morgan fingerprint density at radius 3 is 0.778 bits per heavy atom. The molecule has 0 aliphatic carbocycles. The fourth-order valence-electron chi connectivity index (χ4n) is 9.14. The van der Waals surface area contributed by atoms with Crippen molar-refractivity contribution in [1.82, 2.24) is 0 Å². The van der Waals surface area contributed by atoms with Crippen molar-refractivity contribution in [2.75, 3.05) is 13.2 Å². The fraction of sp³-hybridized carbons (Fsp3) is 0.667. The molecule has 0 aliphatic rings. The van der Waals surface area contributed by atoms with E-state index in [1.807, 2.05) is 0 Å². The highest BCUT2D eigenvalue weighted by molar-refractivity contribution is 5.71. The first-order chi connectivity index (χ1) is 40.0. The van der Waals surface area contributed by atoms with Gasteiger partial charge in [-0.2, -0.15) is 0 Å². The maximum atomic E-state index is 12.9. The molecule has 6 nitrogen and oxygen atoms in total. The average Bonchev–Trinajstić information content (AvgIpc) is 3.46. The molecule has 0 heterocycles. The average molecular weight is 1120 g/mol. The number of carbonyl (C=O) groups excluding carboxylic acids is 3. The van der Waals surface area contributed by atoms with E-state index in [0.717, 1.165) is 141 Å². The minimum atomic E-state index is -0.798. The zero-order chi connectivity index (χ0) is 58.5. The van der Waals surface area contributed by atoms with Crippen LogP contribution in [0.3, 0.4) is 0 Å². The van der Waals surface area contributed by atoms with Gasteiger partial charge in [0.05, 0.1) is 0 Å². The number of allylic oxidation sites excluding steroid dienone is 22. The molecule has 6 heteroatoms. The van der Waals surface area contributed by atoms with Crippen molar-refractivity contribution in [2.45, 2.75) is 309 Å². The lowest BCUT2D eigenvalue weighted by Crippen LogP contribution is -2.30. The normalized spacial score (nSPS) is 13.0. The highest BCUT2D eigenvalue weighted by Crippen LogP contribution is 2.16. The Labute approximate surface area is 500 Å². The number of unbranched alkanes of at least 4 members (excludes halogenated alkanes) is 27. The summed E-state index contributed by atoms with van der Waals surface area (Å²) < 4.78 is 16.9. The van der Waals surface area contributed by atoms with E-state index in [9.17, 15) is 14.4 Å². The Morgan fingerprint density at radius 2 is 0.481 bits per heavy atom. The van der Waals surface area contributed by atoms with Gasteiger partial charge < -0.3 is 14.2 Å². The Hall–Kier alpha value is -4.45. The van der Waals surface area contributed by atoms with Crippen LogP contribution in [0, 0.1) is 0 Å². The summed E-state index contributed by atoms with van der Waals surface area (Å²) in [5.74, 6) is -0.928. The molecule has 0 aliphatic heterocycles. The third kappa shape index (κ3) is 66.2. The lowest BCUT2D eigenvalue weighted by atomic mass is 10.0. The molecule has 0 radical (unpaired) electrons. The van der Waals surface area contributed by atoms with E-state index in [-0.39, 0.29) is 31.1 Å². The van der Waals surface area contributed by atoms with Crippen molar-refractivity contribution in [2.24, 2.45) is 0 Å². The standard InChI is InChI=1S/C75H124O6/c1-4-7-10-13-16-19-22-25-27-28-29-30-31-32-33-34-35-36-37-38-39-40-41-42-43-44-45-46-48-50-53-56-59-62-65-68-74(77)80-71-72(70-79-73(76)67-64-61-58-55-52-49-24-21-18-15-12-9-6-3)81-75(78)69-66-63-60-57-54-51-47-26-23-20-17-14-11-8-5-2/h7,9-10,12,16,18-19,21,25-27,29-30,32-33,35-36,38-39,47,49,52,72H,4-6,8,11,13-15,17,20,22-24,28,31,34,37,40-46,48,50-51,53-71H2,1-3H3/b10-7-,12-9-,19-16-,21-18-,27-25-,30-29-,33-32-,36-35-,39-38-,47-26-,52-49-. The first-order valence-corrected chi connectivity index (χ1v) is 33.7. The van der Waals surface area contributed by atoms with Crippen LogP contribution in [0.25, 0.3) is 0 Å². The zero-order valence-electron chi connectivity index (χ0n) is 52.8. The van der Waals surface area contributed by atoms with E-state index < -0.39 is 6.10 Å². The molecule has 0 aromatic rings. The second kappa shape index (κ2) is 68.1. The summed E-state index contributed by atoms with van der Waals surface area (Å²) in [6.45, 7) is 6.38. The molecule has 0 spiro atoms. The van der Waals surface area contributed by atoms with Crippen molar-refractivity contribution < 1.29 is 28.6 Å². The molecule has 0 saturated heterocycles. The van der Waals surface area contributed by atoms with Crippen molar-refractivity contribution >= 4 is 17.9 Å².